The molecule has 3 nitrogen and oxygen atoms in total. The molecule has 4 heteroatoms. The van der Waals surface area contributed by atoms with E-state index in [-0.39, 0.29) is 32.7 Å². The van der Waals surface area contributed by atoms with Crippen molar-refractivity contribution in [1.82, 2.24) is 0 Å². The van der Waals surface area contributed by atoms with Gasteiger partial charge in [-0.25, -0.2) is 0 Å². The van der Waals surface area contributed by atoms with E-state index in [2.05, 4.69) is 5.32 Å². The van der Waals surface area contributed by atoms with Crippen molar-refractivity contribution in [3.63, 3.8) is 0 Å². The molecule has 0 spiro atoms. The fourth-order valence-corrected chi connectivity index (χ4v) is 0.326. The minimum absolute atomic E-state index is 0. The Morgan fingerprint density at radius 1 is 1.12 bits per heavy atom. The fraction of sp³-hybridized carbons (Fsp3) is 0. The normalized spacial score (nSPS) is 15.5. The van der Waals surface area contributed by atoms with Gasteiger partial charge in [-0.3, -0.25) is 0 Å². The van der Waals surface area contributed by atoms with Crippen molar-refractivity contribution in [1.29, 1.82) is 0 Å². The van der Waals surface area contributed by atoms with Gasteiger partial charge in [0.25, 0.3) is 0 Å². The zero-order valence-electron chi connectivity index (χ0n) is 4.00. The number of hydrogen-bond donors (Lipinski definition) is 0. The second kappa shape index (κ2) is 3.10. The molecule has 2 amide bonds. The molecule has 0 atom stereocenters. The molecule has 0 aromatic heterocycles. The van der Waals surface area contributed by atoms with Crippen LogP contribution in [0.5, 0.6) is 0 Å². The zero-order chi connectivity index (χ0) is 5.28. The summed E-state index contributed by atoms with van der Waals surface area (Å²) in [4.78, 5) is 20.0. The van der Waals surface area contributed by atoms with Crippen LogP contribution in [0.2, 0.25) is 0 Å². The second-order valence-corrected chi connectivity index (χ2v) is 1.12. The van der Waals surface area contributed by atoms with Crippen LogP contribution in [-0.2, 0) is 42.3 Å². The zero-order valence-corrected chi connectivity index (χ0v) is 6.83. The van der Waals surface area contributed by atoms with Crippen molar-refractivity contribution >= 4 is 11.8 Å². The molecule has 0 unspecified atom stereocenters. The molecular weight excluding hydrogens is 183 g/mol. The molecule has 0 fully saturated rings. The molecule has 0 aliphatic carbocycles. The molecule has 1 aliphatic rings. The van der Waals surface area contributed by atoms with Crippen molar-refractivity contribution in [2.45, 2.75) is 0 Å². The monoisotopic (exact) mass is 185 g/mol. The molecule has 1 radical (unpaired) electrons. The van der Waals surface area contributed by atoms with Crippen LogP contribution < -0.4 is 0 Å². The van der Waals surface area contributed by atoms with Crippen LogP contribution in [0.15, 0.2) is 12.2 Å². The van der Waals surface area contributed by atoms with Crippen LogP contribution in [-0.4, -0.2) is 11.8 Å². The molecule has 39 valence electrons. The van der Waals surface area contributed by atoms with Crippen LogP contribution in [0.1, 0.15) is 0 Å². The van der Waals surface area contributed by atoms with Gasteiger partial charge in [0, 0.05) is 32.7 Å². The Hall–Kier alpha value is -0.0161. The van der Waals surface area contributed by atoms with Gasteiger partial charge in [0.15, 0.2) is 0 Å². The summed E-state index contributed by atoms with van der Waals surface area (Å²) in [5.74, 6) is -0.907. The van der Waals surface area contributed by atoms with Crippen LogP contribution in [0, 0.1) is 0 Å². The Kier molecular flexibility index (Phi) is 3.09. The van der Waals surface area contributed by atoms with E-state index in [0.29, 0.717) is 0 Å². The van der Waals surface area contributed by atoms with Gasteiger partial charge in [-0.05, 0) is 12.2 Å². The van der Waals surface area contributed by atoms with E-state index in [1.165, 1.54) is 0 Å². The van der Waals surface area contributed by atoms with Gasteiger partial charge in [0.05, 0.1) is 11.8 Å². The Labute approximate surface area is 71.4 Å². The first kappa shape index (κ1) is 7.98. The molecule has 8 heavy (non-hydrogen) atoms. The third-order valence-corrected chi connectivity index (χ3v) is 0.589. The predicted molar refractivity (Wildman–Crippen MR) is 22.5 cm³/mol. The quantitative estimate of drug-likeness (QED) is 0.498. The summed E-state index contributed by atoms with van der Waals surface area (Å²) < 4.78 is 0. The largest absolute Gasteiger partial charge is 0.589 e. The minimum Gasteiger partial charge on any atom is -0.589 e. The number of carbonyl (C=O) groups excluding carboxylic acids is 2. The number of nitrogens with zero attached hydrogens (tertiary/aromatic N) is 1. The van der Waals surface area contributed by atoms with Crippen molar-refractivity contribution in [3.8, 4) is 0 Å². The van der Waals surface area contributed by atoms with Gasteiger partial charge in [0.2, 0.25) is 0 Å². The standard InChI is InChI=1S/C4H3NO2.Y/c6-3-1-2-4(7)5-3;/h1-2H,(H,5,6,7);/p-1. The van der Waals surface area contributed by atoms with E-state index in [4.69, 9.17) is 0 Å². The van der Waals surface area contributed by atoms with E-state index in [0.717, 1.165) is 12.2 Å². The number of carbonyl (C=O) groups is 2. The van der Waals surface area contributed by atoms with E-state index in [9.17, 15) is 9.59 Å². The third-order valence-electron chi connectivity index (χ3n) is 0.589. The van der Waals surface area contributed by atoms with Crippen LogP contribution in [0.25, 0.3) is 5.32 Å². The number of hydrogen-bond acceptors (Lipinski definition) is 2. The predicted octanol–water partition coefficient (Wildman–Crippen LogP) is -0.0194. The Balaban J connectivity index is 0.000000490. The molecule has 1 rings (SSSR count). The maximum absolute atomic E-state index is 9.98. The summed E-state index contributed by atoms with van der Waals surface area (Å²) in [7, 11) is 0. The molecule has 1 aliphatic heterocycles. The fourth-order valence-electron chi connectivity index (χ4n) is 0.326. The van der Waals surface area contributed by atoms with E-state index >= 15 is 0 Å². The average Bonchev–Trinajstić information content (AvgIpc) is 1.87. The first-order valence-corrected chi connectivity index (χ1v) is 1.77. The van der Waals surface area contributed by atoms with Gasteiger partial charge in [0.1, 0.15) is 0 Å². The van der Waals surface area contributed by atoms with E-state index in [1.54, 1.807) is 0 Å². The first-order chi connectivity index (χ1) is 3.29. The SMILES string of the molecule is O=C1C=CC(=O)[N-]1.[Y]. The molecule has 0 saturated heterocycles. The Morgan fingerprint density at radius 3 is 1.62 bits per heavy atom. The molecule has 0 aromatic rings. The smallest absolute Gasteiger partial charge is 0.0803 e. The topological polar surface area (TPSA) is 48.2 Å². The number of imide groups is 1. The van der Waals surface area contributed by atoms with Crippen LogP contribution in [0.4, 0.5) is 0 Å². The van der Waals surface area contributed by atoms with Crippen molar-refractivity contribution in [2.75, 3.05) is 0 Å². The number of rotatable bonds is 0. The van der Waals surface area contributed by atoms with Gasteiger partial charge in [-0.1, -0.05) is 0 Å². The van der Waals surface area contributed by atoms with Crippen molar-refractivity contribution < 1.29 is 42.3 Å². The molecule has 0 saturated carbocycles. The maximum Gasteiger partial charge on any atom is 0.0803 e. The Morgan fingerprint density at radius 2 is 1.50 bits per heavy atom. The maximum atomic E-state index is 9.98. The molecule has 0 N–H and O–H groups in total. The minimum atomic E-state index is -0.454. The Bertz CT molecular complexity index is 136. The van der Waals surface area contributed by atoms with Gasteiger partial charge < -0.3 is 14.9 Å². The van der Waals surface area contributed by atoms with Gasteiger partial charge in [-0.15, -0.1) is 0 Å². The third kappa shape index (κ3) is 1.84. The molecule has 1 heterocycles. The average molecular weight is 185 g/mol. The second-order valence-electron chi connectivity index (χ2n) is 1.12. The summed E-state index contributed by atoms with van der Waals surface area (Å²) in [5, 5.41) is 3.00. The first-order valence-electron chi connectivity index (χ1n) is 1.77. The summed E-state index contributed by atoms with van der Waals surface area (Å²) in [6.45, 7) is 0. The summed E-state index contributed by atoms with van der Waals surface area (Å²) in [6, 6.07) is 0. The molecular formula is C4H2NO2Y-. The van der Waals surface area contributed by atoms with Crippen molar-refractivity contribution in [2.24, 2.45) is 0 Å². The van der Waals surface area contributed by atoms with E-state index < -0.39 is 11.8 Å². The van der Waals surface area contributed by atoms with Crippen molar-refractivity contribution in [3.05, 3.63) is 17.5 Å². The van der Waals surface area contributed by atoms with Gasteiger partial charge in [-0.2, -0.15) is 0 Å². The number of amides is 2. The summed E-state index contributed by atoms with van der Waals surface area (Å²) in [5.41, 5.74) is 0. The van der Waals surface area contributed by atoms with Crippen LogP contribution in [0.3, 0.4) is 0 Å². The summed E-state index contributed by atoms with van der Waals surface area (Å²) in [6.07, 6.45) is 2.28. The van der Waals surface area contributed by atoms with E-state index in [1.807, 2.05) is 0 Å². The summed E-state index contributed by atoms with van der Waals surface area (Å²) >= 11 is 0. The molecule has 0 aromatic carbocycles. The molecule has 0 bridgehead atoms. The van der Waals surface area contributed by atoms with Gasteiger partial charge >= 0.3 is 0 Å². The van der Waals surface area contributed by atoms with Crippen LogP contribution >= 0.6 is 0 Å².